The standard InChI is InChI=1S/C21H13ClN2O2/c22-17-9-4-10-18-20(17)16(12-19(25)14-6-5-11-23-13-14)21(26)24(18)15-7-2-1-3-8-15/h1-13H/b16-12+. The lowest BCUT2D eigenvalue weighted by molar-refractivity contribution is -0.112. The Labute approximate surface area is 155 Å². The SMILES string of the molecule is O=C(/C=C1/C(=O)N(c2ccccc2)c2cccc(Cl)c21)c1cccnc1. The maximum atomic E-state index is 13.1. The molecule has 126 valence electrons. The predicted octanol–water partition coefficient (Wildman–Crippen LogP) is 4.68. The highest BCUT2D eigenvalue weighted by Gasteiger charge is 2.35. The van der Waals surface area contributed by atoms with Crippen LogP contribution in [0.25, 0.3) is 5.57 Å². The van der Waals surface area contributed by atoms with E-state index in [1.165, 1.54) is 12.3 Å². The van der Waals surface area contributed by atoms with Gasteiger partial charge in [0, 0.05) is 29.2 Å². The quantitative estimate of drug-likeness (QED) is 0.503. The number of fused-ring (bicyclic) bond motifs is 1. The van der Waals surface area contributed by atoms with E-state index in [9.17, 15) is 9.59 Å². The number of anilines is 2. The molecule has 0 aliphatic carbocycles. The molecular formula is C21H13ClN2O2. The third-order valence-electron chi connectivity index (χ3n) is 4.17. The van der Waals surface area contributed by atoms with Crippen molar-refractivity contribution >= 4 is 40.2 Å². The fourth-order valence-electron chi connectivity index (χ4n) is 2.99. The fraction of sp³-hybridized carbons (Fsp3) is 0. The summed E-state index contributed by atoms with van der Waals surface area (Å²) >= 11 is 6.37. The van der Waals surface area contributed by atoms with E-state index in [0.717, 1.165) is 5.69 Å². The van der Waals surface area contributed by atoms with Gasteiger partial charge in [-0.2, -0.15) is 0 Å². The van der Waals surface area contributed by atoms with Gasteiger partial charge < -0.3 is 0 Å². The molecule has 0 atom stereocenters. The average molecular weight is 361 g/mol. The van der Waals surface area contributed by atoms with E-state index in [1.54, 1.807) is 35.4 Å². The highest BCUT2D eigenvalue weighted by atomic mass is 35.5. The number of aromatic nitrogens is 1. The first-order valence-electron chi connectivity index (χ1n) is 8.01. The second kappa shape index (κ2) is 6.58. The van der Waals surface area contributed by atoms with Crippen molar-refractivity contribution in [3.05, 3.63) is 95.3 Å². The monoisotopic (exact) mass is 360 g/mol. The highest BCUT2D eigenvalue weighted by Crippen LogP contribution is 2.44. The molecule has 3 aromatic rings. The van der Waals surface area contributed by atoms with E-state index in [2.05, 4.69) is 4.98 Å². The lowest BCUT2D eigenvalue weighted by Crippen LogP contribution is -2.20. The molecule has 0 spiro atoms. The van der Waals surface area contributed by atoms with Crippen molar-refractivity contribution in [1.82, 2.24) is 4.98 Å². The highest BCUT2D eigenvalue weighted by molar-refractivity contribution is 6.43. The Kier molecular flexibility index (Phi) is 4.11. The molecule has 0 unspecified atom stereocenters. The van der Waals surface area contributed by atoms with Crippen LogP contribution in [0.1, 0.15) is 15.9 Å². The second-order valence-corrected chi connectivity index (χ2v) is 6.18. The topological polar surface area (TPSA) is 50.3 Å². The summed E-state index contributed by atoms with van der Waals surface area (Å²) in [6, 6.07) is 17.9. The molecule has 0 fully saturated rings. The predicted molar refractivity (Wildman–Crippen MR) is 102 cm³/mol. The van der Waals surface area contributed by atoms with Gasteiger partial charge >= 0.3 is 0 Å². The first-order valence-corrected chi connectivity index (χ1v) is 8.39. The van der Waals surface area contributed by atoms with Gasteiger partial charge in [-0.3, -0.25) is 19.5 Å². The summed E-state index contributed by atoms with van der Waals surface area (Å²) in [5, 5.41) is 0.430. The Morgan fingerprint density at radius 3 is 2.54 bits per heavy atom. The minimum absolute atomic E-state index is 0.281. The van der Waals surface area contributed by atoms with E-state index in [0.29, 0.717) is 21.8 Å². The van der Waals surface area contributed by atoms with Gasteiger partial charge in [-0.05, 0) is 42.5 Å². The number of allylic oxidation sites excluding steroid dienone is 1. The average Bonchev–Trinajstić information content (AvgIpc) is 2.96. The summed E-state index contributed by atoms with van der Waals surface area (Å²) in [7, 11) is 0. The van der Waals surface area contributed by atoms with Gasteiger partial charge in [0.1, 0.15) is 0 Å². The molecule has 5 heteroatoms. The van der Waals surface area contributed by atoms with Crippen LogP contribution >= 0.6 is 11.6 Å². The van der Waals surface area contributed by atoms with Crippen molar-refractivity contribution in [3.63, 3.8) is 0 Å². The number of pyridine rings is 1. The Balaban J connectivity index is 1.86. The summed E-state index contributed by atoms with van der Waals surface area (Å²) in [5.41, 5.74) is 2.65. The number of hydrogen-bond acceptors (Lipinski definition) is 3. The summed E-state index contributed by atoms with van der Waals surface area (Å²) < 4.78 is 0. The molecule has 1 aliphatic heterocycles. The molecule has 4 rings (SSSR count). The van der Waals surface area contributed by atoms with Crippen LogP contribution in [0, 0.1) is 0 Å². The van der Waals surface area contributed by atoms with Crippen molar-refractivity contribution in [2.45, 2.75) is 0 Å². The third-order valence-corrected chi connectivity index (χ3v) is 4.49. The van der Waals surface area contributed by atoms with Gasteiger partial charge in [0.15, 0.2) is 5.78 Å². The van der Waals surface area contributed by atoms with Crippen LogP contribution in [0.5, 0.6) is 0 Å². The molecule has 2 heterocycles. The zero-order valence-corrected chi connectivity index (χ0v) is 14.4. The van der Waals surface area contributed by atoms with Crippen molar-refractivity contribution in [3.8, 4) is 0 Å². The molecule has 0 saturated heterocycles. The van der Waals surface area contributed by atoms with Crippen LogP contribution < -0.4 is 4.90 Å². The normalized spacial score (nSPS) is 14.6. The number of rotatable bonds is 3. The van der Waals surface area contributed by atoms with Crippen molar-refractivity contribution in [1.29, 1.82) is 0 Å². The number of para-hydroxylation sites is 1. The minimum Gasteiger partial charge on any atom is -0.289 e. The first kappa shape index (κ1) is 16.2. The molecule has 1 amide bonds. The minimum atomic E-state index is -0.290. The Bertz CT molecular complexity index is 1030. The second-order valence-electron chi connectivity index (χ2n) is 5.77. The zero-order valence-electron chi connectivity index (χ0n) is 13.6. The number of carbonyl (C=O) groups is 2. The van der Waals surface area contributed by atoms with Gasteiger partial charge in [0.2, 0.25) is 0 Å². The Morgan fingerprint density at radius 2 is 1.81 bits per heavy atom. The Hall–Kier alpha value is -3.24. The molecule has 0 radical (unpaired) electrons. The van der Waals surface area contributed by atoms with Gasteiger partial charge in [-0.15, -0.1) is 0 Å². The Morgan fingerprint density at radius 1 is 1.00 bits per heavy atom. The van der Waals surface area contributed by atoms with Crippen molar-refractivity contribution < 1.29 is 9.59 Å². The van der Waals surface area contributed by atoms with Crippen LogP contribution in [-0.2, 0) is 4.79 Å². The van der Waals surface area contributed by atoms with E-state index in [1.807, 2.05) is 36.4 Å². The molecular weight excluding hydrogens is 348 g/mol. The summed E-state index contributed by atoms with van der Waals surface area (Å²) in [6.45, 7) is 0. The molecule has 2 aromatic carbocycles. The molecule has 0 N–H and O–H groups in total. The summed E-state index contributed by atoms with van der Waals surface area (Å²) in [6.07, 6.45) is 4.41. The number of hydrogen-bond donors (Lipinski definition) is 0. The maximum absolute atomic E-state index is 13.1. The zero-order chi connectivity index (χ0) is 18.1. The number of halogens is 1. The molecule has 1 aromatic heterocycles. The van der Waals surface area contributed by atoms with Crippen molar-refractivity contribution in [2.75, 3.05) is 4.90 Å². The van der Waals surface area contributed by atoms with E-state index in [4.69, 9.17) is 11.6 Å². The van der Waals surface area contributed by atoms with Gasteiger partial charge in [0.05, 0.1) is 16.3 Å². The fourth-order valence-corrected chi connectivity index (χ4v) is 3.26. The molecule has 0 saturated carbocycles. The van der Waals surface area contributed by atoms with Gasteiger partial charge in [-0.25, -0.2) is 0 Å². The number of benzene rings is 2. The lowest BCUT2D eigenvalue weighted by atomic mass is 10.0. The van der Waals surface area contributed by atoms with Crippen LogP contribution in [0.4, 0.5) is 11.4 Å². The van der Waals surface area contributed by atoms with Crippen LogP contribution in [-0.4, -0.2) is 16.7 Å². The van der Waals surface area contributed by atoms with E-state index >= 15 is 0 Å². The van der Waals surface area contributed by atoms with Gasteiger partial charge in [0.25, 0.3) is 5.91 Å². The van der Waals surface area contributed by atoms with Crippen LogP contribution in [0.2, 0.25) is 5.02 Å². The third kappa shape index (κ3) is 2.70. The first-order chi connectivity index (χ1) is 12.7. The number of carbonyl (C=O) groups excluding carboxylic acids is 2. The molecule has 26 heavy (non-hydrogen) atoms. The van der Waals surface area contributed by atoms with E-state index < -0.39 is 0 Å². The summed E-state index contributed by atoms with van der Waals surface area (Å²) in [4.78, 5) is 31.2. The number of amides is 1. The number of ketones is 1. The number of nitrogens with zero attached hydrogens (tertiary/aromatic N) is 2. The smallest absolute Gasteiger partial charge is 0.263 e. The van der Waals surface area contributed by atoms with Gasteiger partial charge in [-0.1, -0.05) is 35.9 Å². The van der Waals surface area contributed by atoms with Crippen LogP contribution in [0.15, 0.2) is 79.1 Å². The molecule has 1 aliphatic rings. The van der Waals surface area contributed by atoms with E-state index in [-0.39, 0.29) is 17.3 Å². The van der Waals surface area contributed by atoms with Crippen molar-refractivity contribution in [2.24, 2.45) is 0 Å². The lowest BCUT2D eigenvalue weighted by Gasteiger charge is -2.17. The molecule has 4 nitrogen and oxygen atoms in total. The summed E-state index contributed by atoms with van der Waals surface area (Å²) in [5.74, 6) is -0.571. The maximum Gasteiger partial charge on any atom is 0.263 e. The van der Waals surface area contributed by atoms with Crippen LogP contribution in [0.3, 0.4) is 0 Å². The largest absolute Gasteiger partial charge is 0.289 e. The molecule has 0 bridgehead atoms.